The average Bonchev–Trinajstić information content (AvgIpc) is 2.88. The Balaban J connectivity index is 1.89. The summed E-state index contributed by atoms with van der Waals surface area (Å²) in [7, 11) is 1.79. The van der Waals surface area contributed by atoms with E-state index < -0.39 is 0 Å². The van der Waals surface area contributed by atoms with Crippen molar-refractivity contribution < 1.29 is 4.79 Å². The number of aryl methyl sites for hydroxylation is 1. The molecule has 2 aromatic rings. The summed E-state index contributed by atoms with van der Waals surface area (Å²) in [6.45, 7) is 1.96. The fraction of sp³-hybridized carbons (Fsp3) is 0.250. The number of anilines is 2. The Morgan fingerprint density at radius 3 is 2.90 bits per heavy atom. The Morgan fingerprint density at radius 1 is 1.45 bits per heavy atom. The lowest BCUT2D eigenvalue weighted by Gasteiger charge is -2.07. The molecule has 0 fully saturated rings. The largest absolute Gasteiger partial charge is 0.363 e. The lowest BCUT2D eigenvalue weighted by Crippen LogP contribution is -2.14. The first-order valence-electron chi connectivity index (χ1n) is 5.78. The highest BCUT2D eigenvalue weighted by Crippen LogP contribution is 2.25. The van der Waals surface area contributed by atoms with E-state index in [2.05, 4.69) is 36.8 Å². The molecule has 1 aromatic heterocycles. The Hall–Kier alpha value is -1.12. The third kappa shape index (κ3) is 4.19. The van der Waals surface area contributed by atoms with Gasteiger partial charge in [-0.25, -0.2) is 0 Å². The average molecular weight is 373 g/mol. The van der Waals surface area contributed by atoms with Crippen LogP contribution in [0, 0.1) is 6.92 Å². The van der Waals surface area contributed by atoms with Gasteiger partial charge in [0.15, 0.2) is 4.34 Å². The smallest absolute Gasteiger partial charge is 0.234 e. The van der Waals surface area contributed by atoms with Gasteiger partial charge < -0.3 is 10.6 Å². The fourth-order valence-electron chi connectivity index (χ4n) is 1.45. The van der Waals surface area contributed by atoms with Gasteiger partial charge in [0.2, 0.25) is 11.0 Å². The van der Waals surface area contributed by atoms with E-state index in [0.717, 1.165) is 25.2 Å². The number of carbonyl (C=O) groups is 1. The van der Waals surface area contributed by atoms with Crippen molar-refractivity contribution in [2.75, 3.05) is 23.4 Å². The number of nitrogens with one attached hydrogen (secondary N) is 2. The van der Waals surface area contributed by atoms with Gasteiger partial charge in [-0.2, -0.15) is 0 Å². The van der Waals surface area contributed by atoms with Crippen LogP contribution in [0.5, 0.6) is 0 Å². The number of aromatic nitrogens is 2. The molecule has 8 heteroatoms. The zero-order chi connectivity index (χ0) is 14.5. The first kappa shape index (κ1) is 15.3. The van der Waals surface area contributed by atoms with Crippen molar-refractivity contribution in [1.82, 2.24) is 10.2 Å². The van der Waals surface area contributed by atoms with Gasteiger partial charge in [0, 0.05) is 17.2 Å². The minimum absolute atomic E-state index is 0.0540. The van der Waals surface area contributed by atoms with Gasteiger partial charge in [-0.1, -0.05) is 39.0 Å². The highest BCUT2D eigenvalue weighted by molar-refractivity contribution is 9.10. The third-order valence-corrected chi connectivity index (χ3v) is 4.98. The number of rotatable bonds is 5. The van der Waals surface area contributed by atoms with Crippen molar-refractivity contribution in [2.24, 2.45) is 0 Å². The Morgan fingerprint density at radius 2 is 2.25 bits per heavy atom. The van der Waals surface area contributed by atoms with Gasteiger partial charge in [0.1, 0.15) is 0 Å². The predicted octanol–water partition coefficient (Wildman–Crippen LogP) is 3.38. The Kier molecular flexibility index (Phi) is 5.38. The first-order chi connectivity index (χ1) is 9.58. The molecule has 0 bridgehead atoms. The van der Waals surface area contributed by atoms with Crippen molar-refractivity contribution in [2.45, 2.75) is 11.3 Å². The Bertz CT molecular complexity index is 617. The summed E-state index contributed by atoms with van der Waals surface area (Å²) in [6, 6.07) is 5.75. The maximum atomic E-state index is 11.9. The number of thioether (sulfide) groups is 1. The zero-order valence-electron chi connectivity index (χ0n) is 10.9. The zero-order valence-corrected chi connectivity index (χ0v) is 14.2. The topological polar surface area (TPSA) is 66.9 Å². The first-order valence-corrected chi connectivity index (χ1v) is 8.38. The van der Waals surface area contributed by atoms with Crippen LogP contribution in [-0.2, 0) is 4.79 Å². The monoisotopic (exact) mass is 372 g/mol. The molecule has 2 rings (SSSR count). The molecule has 5 nitrogen and oxygen atoms in total. The predicted molar refractivity (Wildman–Crippen MR) is 87.7 cm³/mol. The fourth-order valence-corrected chi connectivity index (χ4v) is 3.43. The van der Waals surface area contributed by atoms with E-state index in [4.69, 9.17) is 0 Å². The molecule has 0 saturated carbocycles. The van der Waals surface area contributed by atoms with Crippen molar-refractivity contribution in [1.29, 1.82) is 0 Å². The molecule has 0 spiro atoms. The van der Waals surface area contributed by atoms with Crippen molar-refractivity contribution in [3.63, 3.8) is 0 Å². The summed E-state index contributed by atoms with van der Waals surface area (Å²) < 4.78 is 1.77. The summed E-state index contributed by atoms with van der Waals surface area (Å²) in [5, 5.41) is 14.4. The van der Waals surface area contributed by atoms with Crippen LogP contribution in [0.15, 0.2) is 27.0 Å². The summed E-state index contributed by atoms with van der Waals surface area (Å²) in [5.74, 6) is 0.259. The summed E-state index contributed by atoms with van der Waals surface area (Å²) in [6.07, 6.45) is 0. The second kappa shape index (κ2) is 7.05. The molecule has 1 heterocycles. The maximum Gasteiger partial charge on any atom is 0.234 e. The van der Waals surface area contributed by atoms with E-state index in [9.17, 15) is 4.79 Å². The highest BCUT2D eigenvalue weighted by atomic mass is 79.9. The summed E-state index contributed by atoms with van der Waals surface area (Å²) in [4.78, 5) is 11.9. The maximum absolute atomic E-state index is 11.9. The van der Waals surface area contributed by atoms with Crippen molar-refractivity contribution >= 4 is 55.8 Å². The minimum Gasteiger partial charge on any atom is -0.363 e. The van der Waals surface area contributed by atoms with Gasteiger partial charge >= 0.3 is 0 Å². The van der Waals surface area contributed by atoms with Crippen LogP contribution < -0.4 is 10.6 Å². The molecular formula is C12H13BrN4OS2. The van der Waals surface area contributed by atoms with E-state index in [1.54, 1.807) is 7.05 Å². The van der Waals surface area contributed by atoms with Crippen LogP contribution in [0.4, 0.5) is 10.8 Å². The minimum atomic E-state index is -0.0540. The van der Waals surface area contributed by atoms with Gasteiger partial charge in [-0.05, 0) is 30.7 Å². The molecular weight excluding hydrogens is 360 g/mol. The number of nitrogens with zero attached hydrogens (tertiary/aromatic N) is 2. The van der Waals surface area contributed by atoms with Gasteiger partial charge in [-0.15, -0.1) is 10.2 Å². The molecule has 1 aromatic carbocycles. The molecule has 0 unspecified atom stereocenters. The van der Waals surface area contributed by atoms with Crippen LogP contribution in [0.25, 0.3) is 0 Å². The van der Waals surface area contributed by atoms with E-state index in [-0.39, 0.29) is 5.91 Å². The van der Waals surface area contributed by atoms with Crippen LogP contribution in [0.3, 0.4) is 0 Å². The molecule has 0 saturated heterocycles. The molecule has 20 heavy (non-hydrogen) atoms. The Labute approximate surface area is 133 Å². The molecule has 0 aliphatic heterocycles. The molecule has 0 aliphatic rings. The molecule has 106 valence electrons. The normalized spacial score (nSPS) is 10.3. The third-order valence-electron chi connectivity index (χ3n) is 2.41. The lowest BCUT2D eigenvalue weighted by atomic mass is 10.2. The van der Waals surface area contributed by atoms with Crippen molar-refractivity contribution in [3.05, 3.63) is 28.2 Å². The van der Waals surface area contributed by atoms with Gasteiger partial charge in [0.05, 0.1) is 5.75 Å². The van der Waals surface area contributed by atoms with Gasteiger partial charge in [0.25, 0.3) is 0 Å². The van der Waals surface area contributed by atoms with Crippen LogP contribution in [0.2, 0.25) is 0 Å². The molecule has 1 amide bonds. The van der Waals surface area contributed by atoms with E-state index >= 15 is 0 Å². The van der Waals surface area contributed by atoms with Gasteiger partial charge in [-0.3, -0.25) is 4.79 Å². The number of amides is 1. The second-order valence-electron chi connectivity index (χ2n) is 3.92. The second-order valence-corrected chi connectivity index (χ2v) is 7.03. The SMILES string of the molecule is CNc1nnc(SCC(=O)Nc2ccc(Br)cc2C)s1. The number of benzene rings is 1. The quantitative estimate of drug-likeness (QED) is 0.787. The number of carbonyl (C=O) groups excluding carboxylic acids is 1. The summed E-state index contributed by atoms with van der Waals surface area (Å²) >= 11 is 6.20. The summed E-state index contributed by atoms with van der Waals surface area (Å²) in [5.41, 5.74) is 1.85. The van der Waals surface area contributed by atoms with Crippen molar-refractivity contribution in [3.8, 4) is 0 Å². The van der Waals surface area contributed by atoms with Crippen LogP contribution in [0.1, 0.15) is 5.56 Å². The van der Waals surface area contributed by atoms with E-state index in [0.29, 0.717) is 5.75 Å². The molecule has 0 radical (unpaired) electrons. The van der Waals surface area contributed by atoms with Crippen LogP contribution in [-0.4, -0.2) is 28.9 Å². The highest BCUT2D eigenvalue weighted by Gasteiger charge is 2.09. The van der Waals surface area contributed by atoms with Crippen LogP contribution >= 0.6 is 39.0 Å². The molecule has 0 aliphatic carbocycles. The molecule has 0 atom stereocenters. The molecule has 2 N–H and O–H groups in total. The number of hydrogen-bond acceptors (Lipinski definition) is 6. The number of hydrogen-bond donors (Lipinski definition) is 2. The van der Waals surface area contributed by atoms with E-state index in [1.165, 1.54) is 23.1 Å². The number of halogens is 1. The standard InChI is InChI=1S/C12H13BrN4OS2/c1-7-5-8(13)3-4-9(7)15-10(18)6-19-12-17-16-11(14-2)20-12/h3-5H,6H2,1-2H3,(H,14,16)(H,15,18). The lowest BCUT2D eigenvalue weighted by molar-refractivity contribution is -0.113. The van der Waals surface area contributed by atoms with E-state index in [1.807, 2.05) is 25.1 Å².